The van der Waals surface area contributed by atoms with Gasteiger partial charge in [0.1, 0.15) is 0 Å². The zero-order valence-corrected chi connectivity index (χ0v) is 15.0. The smallest absolute Gasteiger partial charge is 0.221 e. The molecule has 0 radical (unpaired) electrons. The summed E-state index contributed by atoms with van der Waals surface area (Å²) in [5.41, 5.74) is 2.72. The molecule has 0 heterocycles. The van der Waals surface area contributed by atoms with Gasteiger partial charge in [0.25, 0.3) is 0 Å². The van der Waals surface area contributed by atoms with Crippen LogP contribution < -0.4 is 5.32 Å². The lowest BCUT2D eigenvalue weighted by Crippen LogP contribution is -2.32. The zero-order valence-electron chi connectivity index (χ0n) is 14.2. The molecule has 0 bridgehead atoms. The molecule has 1 unspecified atom stereocenters. The first-order valence-corrected chi connectivity index (χ1v) is 10.8. The summed E-state index contributed by atoms with van der Waals surface area (Å²) >= 11 is 0. The van der Waals surface area contributed by atoms with Crippen LogP contribution in [-0.4, -0.2) is 31.9 Å². The molecular weight excluding hydrogens is 322 g/mol. The van der Waals surface area contributed by atoms with Crippen molar-refractivity contribution < 1.29 is 13.2 Å². The van der Waals surface area contributed by atoms with Crippen LogP contribution in [-0.2, 0) is 21.1 Å². The predicted molar refractivity (Wildman–Crippen MR) is 95.8 cm³/mol. The number of fused-ring (bicyclic) bond motifs is 1. The Morgan fingerprint density at radius 3 is 2.62 bits per heavy atom. The number of hydrogen-bond acceptors (Lipinski definition) is 3. The molecule has 1 aromatic rings. The van der Waals surface area contributed by atoms with E-state index in [-0.39, 0.29) is 23.3 Å². The number of benzene rings is 1. The largest absolute Gasteiger partial charge is 0.355 e. The van der Waals surface area contributed by atoms with Crippen LogP contribution in [0.15, 0.2) is 24.3 Å². The lowest BCUT2D eigenvalue weighted by molar-refractivity contribution is -0.120. The van der Waals surface area contributed by atoms with Gasteiger partial charge in [0.15, 0.2) is 9.84 Å². The molecule has 1 N–H and O–H groups in total. The molecule has 24 heavy (non-hydrogen) atoms. The summed E-state index contributed by atoms with van der Waals surface area (Å²) < 4.78 is 24.5. The fourth-order valence-corrected chi connectivity index (χ4v) is 5.90. The van der Waals surface area contributed by atoms with Crippen molar-refractivity contribution in [2.75, 3.05) is 12.3 Å². The molecule has 3 rings (SSSR count). The van der Waals surface area contributed by atoms with Crippen LogP contribution in [0.1, 0.15) is 62.0 Å². The maximum Gasteiger partial charge on any atom is 0.221 e. The Balaban J connectivity index is 1.48. The highest BCUT2D eigenvalue weighted by Crippen LogP contribution is 2.31. The van der Waals surface area contributed by atoms with Crippen LogP contribution in [0.2, 0.25) is 0 Å². The highest BCUT2D eigenvalue weighted by atomic mass is 32.2. The second kappa shape index (κ2) is 7.68. The first kappa shape index (κ1) is 17.5. The van der Waals surface area contributed by atoms with Crippen molar-refractivity contribution in [1.82, 2.24) is 5.32 Å². The van der Waals surface area contributed by atoms with Gasteiger partial charge in [-0.2, -0.15) is 0 Å². The summed E-state index contributed by atoms with van der Waals surface area (Å²) in [4.78, 5) is 12.1. The van der Waals surface area contributed by atoms with Crippen molar-refractivity contribution in [1.29, 1.82) is 0 Å². The average molecular weight is 349 g/mol. The molecule has 1 atom stereocenters. The molecule has 0 aromatic heterocycles. The highest BCUT2D eigenvalue weighted by molar-refractivity contribution is 7.92. The summed E-state index contributed by atoms with van der Waals surface area (Å²) in [5.74, 6) is 0.204. The van der Waals surface area contributed by atoms with Crippen LogP contribution in [0.25, 0.3) is 0 Å². The fraction of sp³-hybridized carbons (Fsp3) is 0.632. The summed E-state index contributed by atoms with van der Waals surface area (Å²) in [6.45, 7) is 0.610. The van der Waals surface area contributed by atoms with Gasteiger partial charge in [0.05, 0.1) is 11.0 Å². The van der Waals surface area contributed by atoms with E-state index in [2.05, 4.69) is 23.5 Å². The molecule has 0 aliphatic heterocycles. The first-order valence-electron chi connectivity index (χ1n) is 9.12. The van der Waals surface area contributed by atoms with Gasteiger partial charge in [-0.05, 0) is 43.2 Å². The van der Waals surface area contributed by atoms with E-state index in [4.69, 9.17) is 0 Å². The van der Waals surface area contributed by atoms with E-state index in [1.165, 1.54) is 11.1 Å². The molecule has 0 spiro atoms. The summed E-state index contributed by atoms with van der Waals surface area (Å²) in [6.07, 6.45) is 6.96. The van der Waals surface area contributed by atoms with Crippen LogP contribution >= 0.6 is 0 Å². The Hall–Kier alpha value is -1.36. The summed E-state index contributed by atoms with van der Waals surface area (Å²) in [7, 11) is -3.11. The van der Waals surface area contributed by atoms with E-state index in [1.54, 1.807) is 0 Å². The Labute approximate surface area is 145 Å². The topological polar surface area (TPSA) is 63.2 Å². The maximum absolute atomic E-state index is 12.2. The van der Waals surface area contributed by atoms with Crippen LogP contribution in [0, 0.1) is 0 Å². The number of sulfone groups is 1. The van der Waals surface area contributed by atoms with Gasteiger partial charge in [-0.3, -0.25) is 4.79 Å². The minimum absolute atomic E-state index is 0.00917. The molecule has 1 amide bonds. The molecule has 1 fully saturated rings. The van der Waals surface area contributed by atoms with Crippen LogP contribution in [0.4, 0.5) is 0 Å². The maximum atomic E-state index is 12.2. The Bertz CT molecular complexity index is 678. The third kappa shape index (κ3) is 4.18. The van der Waals surface area contributed by atoms with Gasteiger partial charge in [-0.25, -0.2) is 8.42 Å². The van der Waals surface area contributed by atoms with Gasteiger partial charge < -0.3 is 5.32 Å². The quantitative estimate of drug-likeness (QED) is 0.859. The van der Waals surface area contributed by atoms with Crippen molar-refractivity contribution in [2.24, 2.45) is 0 Å². The van der Waals surface area contributed by atoms with Gasteiger partial charge in [-0.15, -0.1) is 0 Å². The number of rotatable bonds is 6. The molecule has 5 heteroatoms. The van der Waals surface area contributed by atoms with Crippen molar-refractivity contribution >= 4 is 15.7 Å². The number of hydrogen-bond donors (Lipinski definition) is 1. The lowest BCUT2D eigenvalue weighted by Gasteiger charge is -2.25. The van der Waals surface area contributed by atoms with Gasteiger partial charge in [0, 0.05) is 18.9 Å². The molecule has 1 saturated carbocycles. The number of amides is 1. The highest BCUT2D eigenvalue weighted by Gasteiger charge is 2.29. The number of aryl methyl sites for hydroxylation is 1. The number of carbonyl (C=O) groups is 1. The van der Waals surface area contributed by atoms with E-state index in [0.717, 1.165) is 44.9 Å². The first-order chi connectivity index (χ1) is 11.6. The number of nitrogens with one attached hydrogen (secondary N) is 1. The molecule has 2 aliphatic rings. The van der Waals surface area contributed by atoms with Gasteiger partial charge >= 0.3 is 0 Å². The second-order valence-corrected chi connectivity index (χ2v) is 9.52. The molecule has 132 valence electrons. The molecular formula is C19H27NO3S. The van der Waals surface area contributed by atoms with E-state index in [1.807, 2.05) is 6.07 Å². The van der Waals surface area contributed by atoms with Crippen molar-refractivity contribution in [2.45, 2.75) is 62.5 Å². The second-order valence-electron chi connectivity index (χ2n) is 7.12. The summed E-state index contributed by atoms with van der Waals surface area (Å²) in [6, 6.07) is 8.42. The minimum Gasteiger partial charge on any atom is -0.355 e. The molecule has 4 nitrogen and oxygen atoms in total. The molecule has 0 saturated heterocycles. The molecule has 1 aromatic carbocycles. The standard InChI is InChI=1S/C19H27NO3S/c21-19(12-13-24(22,23)17-9-2-3-10-17)20-14-16-8-5-7-15-6-1-4-11-18(15)16/h1,4,6,11,16-17H,2-3,5,7-10,12-14H2,(H,20,21). The minimum atomic E-state index is -3.11. The summed E-state index contributed by atoms with van der Waals surface area (Å²) in [5, 5.41) is 2.74. The lowest BCUT2D eigenvalue weighted by atomic mass is 9.83. The third-order valence-electron chi connectivity index (χ3n) is 5.46. The Morgan fingerprint density at radius 2 is 1.83 bits per heavy atom. The van der Waals surface area contributed by atoms with Gasteiger partial charge in [-0.1, -0.05) is 37.1 Å². The van der Waals surface area contributed by atoms with Gasteiger partial charge in [0.2, 0.25) is 5.91 Å². The monoisotopic (exact) mass is 349 g/mol. The van der Waals surface area contributed by atoms with Crippen LogP contribution in [0.5, 0.6) is 0 Å². The number of carbonyl (C=O) groups excluding carboxylic acids is 1. The average Bonchev–Trinajstić information content (AvgIpc) is 3.14. The third-order valence-corrected chi connectivity index (χ3v) is 7.72. The van der Waals surface area contributed by atoms with E-state index in [9.17, 15) is 13.2 Å². The van der Waals surface area contributed by atoms with E-state index in [0.29, 0.717) is 12.5 Å². The fourth-order valence-electron chi connectivity index (χ4n) is 4.04. The zero-order chi connectivity index (χ0) is 17.0. The normalized spacial score (nSPS) is 21.4. The van der Waals surface area contributed by atoms with Crippen LogP contribution in [0.3, 0.4) is 0 Å². The predicted octanol–water partition coefficient (Wildman–Crippen LogP) is 2.97. The Morgan fingerprint density at radius 1 is 1.08 bits per heavy atom. The Kier molecular flexibility index (Phi) is 5.59. The SMILES string of the molecule is O=C(CCS(=O)(=O)C1CCCC1)NCC1CCCc2ccccc21. The van der Waals surface area contributed by atoms with E-state index >= 15 is 0 Å². The van der Waals surface area contributed by atoms with Crippen molar-refractivity contribution in [3.05, 3.63) is 35.4 Å². The molecule has 2 aliphatic carbocycles. The van der Waals surface area contributed by atoms with E-state index < -0.39 is 9.84 Å². The van der Waals surface area contributed by atoms with Crippen molar-refractivity contribution in [3.8, 4) is 0 Å². The van der Waals surface area contributed by atoms with Crippen molar-refractivity contribution in [3.63, 3.8) is 0 Å².